The van der Waals surface area contributed by atoms with Gasteiger partial charge in [-0.25, -0.2) is 9.59 Å². The standard InChI is InChI=1S/C14H18N2O4/c1-9-4-2-3-7-16(9)14(20)15-10-5-6-11(13(18)19)12(17)8-10/h5-6,8-9,17H,2-4,7H2,1H3,(H,15,20)(H,18,19). The molecule has 6 nitrogen and oxygen atoms in total. The predicted molar refractivity (Wildman–Crippen MR) is 74.1 cm³/mol. The Balaban J connectivity index is 2.08. The molecule has 0 radical (unpaired) electrons. The van der Waals surface area contributed by atoms with Crippen LogP contribution in [-0.4, -0.2) is 39.7 Å². The monoisotopic (exact) mass is 278 g/mol. The molecule has 1 heterocycles. The molecule has 0 aliphatic carbocycles. The van der Waals surface area contributed by atoms with Crippen LogP contribution in [0.3, 0.4) is 0 Å². The van der Waals surface area contributed by atoms with E-state index in [1.54, 1.807) is 4.90 Å². The zero-order valence-electron chi connectivity index (χ0n) is 11.3. The number of nitrogens with zero attached hydrogens (tertiary/aromatic N) is 1. The summed E-state index contributed by atoms with van der Waals surface area (Å²) in [5.74, 6) is -1.56. The Hall–Kier alpha value is -2.24. The number of carbonyl (C=O) groups excluding carboxylic acids is 1. The van der Waals surface area contributed by atoms with Gasteiger partial charge in [0.1, 0.15) is 11.3 Å². The molecule has 108 valence electrons. The van der Waals surface area contributed by atoms with Crippen molar-refractivity contribution in [2.24, 2.45) is 0 Å². The van der Waals surface area contributed by atoms with Gasteiger partial charge >= 0.3 is 12.0 Å². The first-order valence-corrected chi connectivity index (χ1v) is 6.63. The number of hydrogen-bond acceptors (Lipinski definition) is 3. The highest BCUT2D eigenvalue weighted by atomic mass is 16.4. The summed E-state index contributed by atoms with van der Waals surface area (Å²) in [6.07, 6.45) is 3.09. The summed E-state index contributed by atoms with van der Waals surface area (Å²) in [6.45, 7) is 2.72. The maximum Gasteiger partial charge on any atom is 0.339 e. The molecule has 1 aromatic rings. The third-order valence-corrected chi connectivity index (χ3v) is 3.54. The first kappa shape index (κ1) is 14.2. The molecular weight excluding hydrogens is 260 g/mol. The summed E-state index contributed by atoms with van der Waals surface area (Å²) >= 11 is 0. The lowest BCUT2D eigenvalue weighted by Gasteiger charge is -2.33. The molecule has 0 saturated carbocycles. The number of amides is 2. The third kappa shape index (κ3) is 3.01. The van der Waals surface area contributed by atoms with E-state index in [-0.39, 0.29) is 23.4 Å². The van der Waals surface area contributed by atoms with Crippen LogP contribution >= 0.6 is 0 Å². The first-order valence-electron chi connectivity index (χ1n) is 6.63. The molecule has 1 unspecified atom stereocenters. The van der Waals surface area contributed by atoms with Crippen LogP contribution in [0.5, 0.6) is 5.75 Å². The van der Waals surface area contributed by atoms with Crippen LogP contribution in [0.4, 0.5) is 10.5 Å². The summed E-state index contributed by atoms with van der Waals surface area (Å²) in [4.78, 5) is 24.7. The van der Waals surface area contributed by atoms with E-state index < -0.39 is 5.97 Å². The van der Waals surface area contributed by atoms with Gasteiger partial charge in [-0.1, -0.05) is 0 Å². The second-order valence-corrected chi connectivity index (χ2v) is 5.01. The maximum absolute atomic E-state index is 12.1. The molecule has 1 saturated heterocycles. The second-order valence-electron chi connectivity index (χ2n) is 5.01. The molecule has 1 aliphatic rings. The number of piperidine rings is 1. The Morgan fingerprint density at radius 1 is 1.35 bits per heavy atom. The number of nitrogens with one attached hydrogen (secondary N) is 1. The molecule has 2 rings (SSSR count). The van der Waals surface area contributed by atoms with E-state index in [9.17, 15) is 14.7 Å². The van der Waals surface area contributed by atoms with Gasteiger partial charge in [-0.15, -0.1) is 0 Å². The van der Waals surface area contributed by atoms with Crippen molar-refractivity contribution in [3.05, 3.63) is 23.8 Å². The Bertz CT molecular complexity index is 530. The fraction of sp³-hybridized carbons (Fsp3) is 0.429. The summed E-state index contributed by atoms with van der Waals surface area (Å²) in [5.41, 5.74) is 0.199. The summed E-state index contributed by atoms with van der Waals surface area (Å²) in [7, 11) is 0. The molecule has 1 aromatic carbocycles. The molecule has 2 amide bonds. The number of anilines is 1. The topological polar surface area (TPSA) is 89.9 Å². The molecular formula is C14H18N2O4. The van der Waals surface area contributed by atoms with Crippen molar-refractivity contribution >= 4 is 17.7 Å². The SMILES string of the molecule is CC1CCCCN1C(=O)Nc1ccc(C(=O)O)c(O)c1. The summed E-state index contributed by atoms with van der Waals surface area (Å²) in [5, 5.41) is 21.1. The quantitative estimate of drug-likeness (QED) is 0.775. The number of carboxylic acids is 1. The van der Waals surface area contributed by atoms with E-state index in [2.05, 4.69) is 5.32 Å². The van der Waals surface area contributed by atoms with E-state index in [4.69, 9.17) is 5.11 Å². The maximum atomic E-state index is 12.1. The van der Waals surface area contributed by atoms with Gasteiger partial charge in [-0.3, -0.25) is 0 Å². The highest BCUT2D eigenvalue weighted by Gasteiger charge is 2.23. The van der Waals surface area contributed by atoms with Crippen LogP contribution in [0.15, 0.2) is 18.2 Å². The minimum absolute atomic E-state index is 0.186. The zero-order valence-corrected chi connectivity index (χ0v) is 11.3. The average Bonchev–Trinajstić information content (AvgIpc) is 2.38. The molecule has 3 N–H and O–H groups in total. The van der Waals surface area contributed by atoms with Gasteiger partial charge in [0.15, 0.2) is 0 Å². The fourth-order valence-electron chi connectivity index (χ4n) is 2.39. The normalized spacial score (nSPS) is 18.6. The summed E-state index contributed by atoms with van der Waals surface area (Å²) < 4.78 is 0. The number of phenols is 1. The minimum atomic E-state index is -1.20. The molecule has 0 bridgehead atoms. The highest BCUT2D eigenvalue weighted by Crippen LogP contribution is 2.23. The Kier molecular flexibility index (Phi) is 4.12. The van der Waals surface area contributed by atoms with E-state index in [1.807, 2.05) is 6.92 Å². The van der Waals surface area contributed by atoms with Gasteiger partial charge in [0, 0.05) is 24.3 Å². The Morgan fingerprint density at radius 2 is 2.10 bits per heavy atom. The van der Waals surface area contributed by atoms with Crippen molar-refractivity contribution in [3.63, 3.8) is 0 Å². The van der Waals surface area contributed by atoms with Gasteiger partial charge in [0.2, 0.25) is 0 Å². The van der Waals surface area contributed by atoms with Crippen LogP contribution < -0.4 is 5.32 Å². The lowest BCUT2D eigenvalue weighted by Crippen LogP contribution is -2.44. The summed E-state index contributed by atoms with van der Waals surface area (Å²) in [6, 6.07) is 3.95. The highest BCUT2D eigenvalue weighted by molar-refractivity contribution is 5.94. The number of urea groups is 1. The largest absolute Gasteiger partial charge is 0.507 e. The molecule has 1 atom stereocenters. The van der Waals surface area contributed by atoms with E-state index in [1.165, 1.54) is 18.2 Å². The Labute approximate surface area is 117 Å². The number of aromatic hydroxyl groups is 1. The van der Waals surface area contributed by atoms with Crippen molar-refractivity contribution in [2.75, 3.05) is 11.9 Å². The van der Waals surface area contributed by atoms with Gasteiger partial charge in [0.25, 0.3) is 0 Å². The van der Waals surface area contributed by atoms with Gasteiger partial charge in [-0.05, 0) is 38.3 Å². The lowest BCUT2D eigenvalue weighted by molar-refractivity contribution is 0.0694. The van der Waals surface area contributed by atoms with Crippen molar-refractivity contribution in [1.29, 1.82) is 0 Å². The van der Waals surface area contributed by atoms with Crippen LogP contribution in [-0.2, 0) is 0 Å². The van der Waals surface area contributed by atoms with Crippen LogP contribution in [0.2, 0.25) is 0 Å². The molecule has 0 spiro atoms. The molecule has 1 fully saturated rings. The molecule has 1 aliphatic heterocycles. The smallest absolute Gasteiger partial charge is 0.339 e. The van der Waals surface area contributed by atoms with E-state index in [0.29, 0.717) is 12.2 Å². The van der Waals surface area contributed by atoms with Gasteiger partial charge < -0.3 is 20.4 Å². The number of hydrogen-bond donors (Lipinski definition) is 3. The first-order chi connectivity index (χ1) is 9.49. The third-order valence-electron chi connectivity index (χ3n) is 3.54. The van der Waals surface area contributed by atoms with Crippen molar-refractivity contribution < 1.29 is 19.8 Å². The second kappa shape index (κ2) is 5.81. The molecule has 0 aromatic heterocycles. The number of benzene rings is 1. The molecule has 20 heavy (non-hydrogen) atoms. The van der Waals surface area contributed by atoms with Crippen molar-refractivity contribution in [1.82, 2.24) is 4.90 Å². The predicted octanol–water partition coefficient (Wildman–Crippen LogP) is 2.50. The number of likely N-dealkylation sites (tertiary alicyclic amines) is 1. The van der Waals surface area contributed by atoms with Crippen molar-refractivity contribution in [2.45, 2.75) is 32.2 Å². The number of rotatable bonds is 2. The zero-order chi connectivity index (χ0) is 14.7. The van der Waals surface area contributed by atoms with Crippen LogP contribution in [0, 0.1) is 0 Å². The minimum Gasteiger partial charge on any atom is -0.507 e. The van der Waals surface area contributed by atoms with Crippen LogP contribution in [0.1, 0.15) is 36.5 Å². The number of carboxylic acid groups (broad SMARTS) is 1. The Morgan fingerprint density at radius 3 is 2.70 bits per heavy atom. The van der Waals surface area contributed by atoms with Gasteiger partial charge in [0.05, 0.1) is 0 Å². The lowest BCUT2D eigenvalue weighted by atomic mass is 10.0. The van der Waals surface area contributed by atoms with Gasteiger partial charge in [-0.2, -0.15) is 0 Å². The number of aromatic carboxylic acids is 1. The van der Waals surface area contributed by atoms with E-state index in [0.717, 1.165) is 19.3 Å². The fourth-order valence-corrected chi connectivity index (χ4v) is 2.39. The van der Waals surface area contributed by atoms with Crippen molar-refractivity contribution in [3.8, 4) is 5.75 Å². The number of carbonyl (C=O) groups is 2. The van der Waals surface area contributed by atoms with Crippen LogP contribution in [0.25, 0.3) is 0 Å². The van der Waals surface area contributed by atoms with E-state index >= 15 is 0 Å². The molecule has 6 heteroatoms. The average molecular weight is 278 g/mol.